The standard InChI is InChI=1S/C18H20ClNO2/c1-3-13-7-5-8-14(4-2)18(13)20-17(21)12-22-16-10-6-9-15(19)11-16/h5-11H,3-4,12H2,1-2H3,(H,20,21). The number of benzene rings is 2. The van der Waals surface area contributed by atoms with E-state index in [0.717, 1.165) is 29.7 Å². The Balaban J connectivity index is 2.03. The van der Waals surface area contributed by atoms with Crippen LogP contribution in [-0.4, -0.2) is 12.5 Å². The topological polar surface area (TPSA) is 38.3 Å². The third kappa shape index (κ3) is 4.25. The quantitative estimate of drug-likeness (QED) is 0.853. The monoisotopic (exact) mass is 317 g/mol. The maximum Gasteiger partial charge on any atom is 0.262 e. The van der Waals surface area contributed by atoms with E-state index in [4.69, 9.17) is 16.3 Å². The zero-order valence-corrected chi connectivity index (χ0v) is 13.6. The highest BCUT2D eigenvalue weighted by Crippen LogP contribution is 2.23. The second kappa shape index (κ2) is 7.85. The summed E-state index contributed by atoms with van der Waals surface area (Å²) in [5, 5.41) is 3.55. The molecule has 0 unspecified atom stereocenters. The number of para-hydroxylation sites is 1. The zero-order valence-electron chi connectivity index (χ0n) is 12.9. The van der Waals surface area contributed by atoms with Crippen molar-refractivity contribution in [2.24, 2.45) is 0 Å². The predicted octanol–water partition coefficient (Wildman–Crippen LogP) is 4.48. The Labute approximate surface area is 136 Å². The number of nitrogens with one attached hydrogen (secondary N) is 1. The van der Waals surface area contributed by atoms with E-state index in [9.17, 15) is 4.79 Å². The van der Waals surface area contributed by atoms with E-state index < -0.39 is 0 Å². The lowest BCUT2D eigenvalue weighted by Gasteiger charge is -2.14. The van der Waals surface area contributed by atoms with Crippen LogP contribution in [0.2, 0.25) is 5.02 Å². The van der Waals surface area contributed by atoms with Gasteiger partial charge in [-0.05, 0) is 42.2 Å². The Morgan fingerprint density at radius 2 is 1.73 bits per heavy atom. The van der Waals surface area contributed by atoms with Gasteiger partial charge in [-0.15, -0.1) is 0 Å². The minimum Gasteiger partial charge on any atom is -0.484 e. The molecule has 2 aromatic rings. The third-order valence-electron chi connectivity index (χ3n) is 3.43. The van der Waals surface area contributed by atoms with Gasteiger partial charge in [-0.25, -0.2) is 0 Å². The summed E-state index contributed by atoms with van der Waals surface area (Å²) in [6.45, 7) is 4.11. The number of ether oxygens (including phenoxy) is 1. The first-order chi connectivity index (χ1) is 10.6. The van der Waals surface area contributed by atoms with Gasteiger partial charge in [-0.3, -0.25) is 4.79 Å². The molecule has 3 nitrogen and oxygen atoms in total. The molecule has 0 aliphatic rings. The second-order valence-electron chi connectivity index (χ2n) is 4.95. The molecule has 0 atom stereocenters. The molecule has 1 amide bonds. The molecular weight excluding hydrogens is 298 g/mol. The van der Waals surface area contributed by atoms with Crippen molar-refractivity contribution in [1.29, 1.82) is 0 Å². The average molecular weight is 318 g/mol. The number of rotatable bonds is 6. The Hall–Kier alpha value is -2.00. The molecule has 0 bridgehead atoms. The van der Waals surface area contributed by atoms with Crippen LogP contribution in [0.4, 0.5) is 5.69 Å². The number of carbonyl (C=O) groups excluding carboxylic acids is 1. The van der Waals surface area contributed by atoms with E-state index in [1.165, 1.54) is 0 Å². The third-order valence-corrected chi connectivity index (χ3v) is 3.66. The van der Waals surface area contributed by atoms with Gasteiger partial charge in [-0.2, -0.15) is 0 Å². The first kappa shape index (κ1) is 16.4. The molecule has 22 heavy (non-hydrogen) atoms. The summed E-state index contributed by atoms with van der Waals surface area (Å²) in [4.78, 5) is 12.1. The Morgan fingerprint density at radius 1 is 1.09 bits per heavy atom. The Kier molecular flexibility index (Phi) is 5.84. The number of hydrogen-bond donors (Lipinski definition) is 1. The number of anilines is 1. The summed E-state index contributed by atoms with van der Waals surface area (Å²) >= 11 is 5.89. The maximum absolute atomic E-state index is 12.1. The van der Waals surface area contributed by atoms with Crippen LogP contribution in [0.3, 0.4) is 0 Å². The SMILES string of the molecule is CCc1cccc(CC)c1NC(=O)COc1cccc(Cl)c1. The normalized spacial score (nSPS) is 10.3. The molecule has 0 saturated heterocycles. The number of carbonyl (C=O) groups is 1. The van der Waals surface area contributed by atoms with E-state index in [-0.39, 0.29) is 12.5 Å². The van der Waals surface area contributed by atoms with Gasteiger partial charge in [0, 0.05) is 10.7 Å². The minimum atomic E-state index is -0.171. The lowest BCUT2D eigenvalue weighted by molar-refractivity contribution is -0.118. The van der Waals surface area contributed by atoms with Crippen molar-refractivity contribution in [3.8, 4) is 5.75 Å². The first-order valence-corrected chi connectivity index (χ1v) is 7.80. The van der Waals surface area contributed by atoms with Crippen molar-refractivity contribution in [2.45, 2.75) is 26.7 Å². The lowest BCUT2D eigenvalue weighted by Crippen LogP contribution is -2.21. The van der Waals surface area contributed by atoms with Gasteiger partial charge < -0.3 is 10.1 Å². The molecule has 1 N–H and O–H groups in total. The molecule has 116 valence electrons. The predicted molar refractivity (Wildman–Crippen MR) is 90.8 cm³/mol. The molecule has 0 fully saturated rings. The molecule has 4 heteroatoms. The van der Waals surface area contributed by atoms with Gasteiger partial charge in [0.25, 0.3) is 5.91 Å². The number of halogens is 1. The number of amides is 1. The van der Waals surface area contributed by atoms with Crippen molar-refractivity contribution in [2.75, 3.05) is 11.9 Å². The number of hydrogen-bond acceptors (Lipinski definition) is 2. The van der Waals surface area contributed by atoms with E-state index in [2.05, 4.69) is 19.2 Å². The summed E-state index contributed by atoms with van der Waals surface area (Å²) in [5.74, 6) is 0.415. The molecule has 2 rings (SSSR count). The summed E-state index contributed by atoms with van der Waals surface area (Å²) in [6, 6.07) is 13.1. The van der Waals surface area contributed by atoms with Crippen LogP contribution >= 0.6 is 11.6 Å². The summed E-state index contributed by atoms with van der Waals surface area (Å²) in [6.07, 6.45) is 1.75. The summed E-state index contributed by atoms with van der Waals surface area (Å²) in [5.41, 5.74) is 3.18. The maximum atomic E-state index is 12.1. The highest BCUT2D eigenvalue weighted by Gasteiger charge is 2.10. The van der Waals surface area contributed by atoms with Gasteiger partial charge in [0.15, 0.2) is 6.61 Å². The molecule has 0 aliphatic heterocycles. The average Bonchev–Trinajstić information content (AvgIpc) is 2.53. The van der Waals surface area contributed by atoms with Crippen LogP contribution in [0.15, 0.2) is 42.5 Å². The van der Waals surface area contributed by atoms with Gasteiger partial charge in [0.05, 0.1) is 0 Å². The molecule has 0 aromatic heterocycles. The largest absolute Gasteiger partial charge is 0.484 e. The molecule has 0 radical (unpaired) electrons. The molecule has 0 heterocycles. The lowest BCUT2D eigenvalue weighted by atomic mass is 10.0. The molecule has 0 saturated carbocycles. The fourth-order valence-corrected chi connectivity index (χ4v) is 2.46. The Morgan fingerprint density at radius 3 is 2.32 bits per heavy atom. The molecule has 0 aliphatic carbocycles. The van der Waals surface area contributed by atoms with E-state index in [0.29, 0.717) is 10.8 Å². The van der Waals surface area contributed by atoms with Gasteiger partial charge in [0.2, 0.25) is 0 Å². The molecule has 2 aromatic carbocycles. The van der Waals surface area contributed by atoms with Crippen molar-refractivity contribution in [1.82, 2.24) is 0 Å². The van der Waals surface area contributed by atoms with Crippen LogP contribution in [0, 0.1) is 0 Å². The van der Waals surface area contributed by atoms with Crippen molar-refractivity contribution in [3.05, 3.63) is 58.6 Å². The van der Waals surface area contributed by atoms with Crippen molar-refractivity contribution < 1.29 is 9.53 Å². The second-order valence-corrected chi connectivity index (χ2v) is 5.39. The van der Waals surface area contributed by atoms with E-state index >= 15 is 0 Å². The minimum absolute atomic E-state index is 0.0401. The van der Waals surface area contributed by atoms with Crippen LogP contribution in [-0.2, 0) is 17.6 Å². The highest BCUT2D eigenvalue weighted by molar-refractivity contribution is 6.30. The van der Waals surface area contributed by atoms with Crippen LogP contribution in [0.1, 0.15) is 25.0 Å². The molecule has 0 spiro atoms. The van der Waals surface area contributed by atoms with Crippen molar-refractivity contribution >= 4 is 23.2 Å². The molecular formula is C18H20ClNO2. The van der Waals surface area contributed by atoms with Crippen LogP contribution < -0.4 is 10.1 Å². The fourth-order valence-electron chi connectivity index (χ4n) is 2.28. The highest BCUT2D eigenvalue weighted by atomic mass is 35.5. The van der Waals surface area contributed by atoms with E-state index in [1.807, 2.05) is 18.2 Å². The van der Waals surface area contributed by atoms with Crippen LogP contribution in [0.5, 0.6) is 5.75 Å². The fraction of sp³-hybridized carbons (Fsp3) is 0.278. The van der Waals surface area contributed by atoms with Crippen molar-refractivity contribution in [3.63, 3.8) is 0 Å². The Bertz CT molecular complexity index is 633. The number of aryl methyl sites for hydroxylation is 2. The van der Waals surface area contributed by atoms with E-state index in [1.54, 1.807) is 24.3 Å². The van der Waals surface area contributed by atoms with Gasteiger partial charge in [-0.1, -0.05) is 49.7 Å². The van der Waals surface area contributed by atoms with Gasteiger partial charge in [0.1, 0.15) is 5.75 Å². The summed E-state index contributed by atoms with van der Waals surface area (Å²) in [7, 11) is 0. The smallest absolute Gasteiger partial charge is 0.262 e. The zero-order chi connectivity index (χ0) is 15.9. The van der Waals surface area contributed by atoms with Gasteiger partial charge >= 0.3 is 0 Å². The van der Waals surface area contributed by atoms with Crippen LogP contribution in [0.25, 0.3) is 0 Å². The summed E-state index contributed by atoms with van der Waals surface area (Å²) < 4.78 is 5.47. The first-order valence-electron chi connectivity index (χ1n) is 7.43.